The summed E-state index contributed by atoms with van der Waals surface area (Å²) in [5.41, 5.74) is 2.47. The molecule has 13 heavy (non-hydrogen) atoms. The molecule has 0 amide bonds. The van der Waals surface area contributed by atoms with Crippen LogP contribution in [-0.4, -0.2) is 10.2 Å². The Labute approximate surface area is 79.0 Å². The summed E-state index contributed by atoms with van der Waals surface area (Å²) in [6.07, 6.45) is 2.94. The van der Waals surface area contributed by atoms with Crippen molar-refractivity contribution in [3.63, 3.8) is 0 Å². The van der Waals surface area contributed by atoms with Gasteiger partial charge in [-0.1, -0.05) is 26.8 Å². The Balaban J connectivity index is 0.000000396. The zero-order valence-corrected chi connectivity index (χ0v) is 8.46. The van der Waals surface area contributed by atoms with Gasteiger partial charge in [0.2, 0.25) is 0 Å². The lowest BCUT2D eigenvalue weighted by Crippen LogP contribution is -1.77. The van der Waals surface area contributed by atoms with Gasteiger partial charge in [0, 0.05) is 5.39 Å². The minimum atomic E-state index is 1.08. The van der Waals surface area contributed by atoms with Gasteiger partial charge in [-0.3, -0.25) is 5.10 Å². The van der Waals surface area contributed by atoms with Crippen molar-refractivity contribution in [3.8, 4) is 0 Å². The smallest absolute Gasteiger partial charge is 0.0650 e. The summed E-state index contributed by atoms with van der Waals surface area (Å²) in [6, 6.07) is 6.36. The molecule has 70 valence electrons. The molecule has 1 aromatic carbocycles. The normalized spacial score (nSPS) is 9.46. The molecule has 0 aliphatic rings. The van der Waals surface area contributed by atoms with Crippen LogP contribution >= 0.6 is 0 Å². The van der Waals surface area contributed by atoms with Gasteiger partial charge in [-0.15, -0.1) is 0 Å². The fourth-order valence-electron chi connectivity index (χ4n) is 1.21. The molecule has 2 aromatic rings. The number of nitrogens with zero attached hydrogens (tertiary/aromatic N) is 1. The number of benzene rings is 1. The van der Waals surface area contributed by atoms with Crippen molar-refractivity contribution in [2.45, 2.75) is 27.2 Å². The van der Waals surface area contributed by atoms with Crippen LogP contribution in [0.25, 0.3) is 10.9 Å². The fourth-order valence-corrected chi connectivity index (χ4v) is 1.21. The molecule has 0 spiro atoms. The van der Waals surface area contributed by atoms with E-state index in [0.717, 1.165) is 11.9 Å². The Morgan fingerprint density at radius 3 is 2.77 bits per heavy atom. The maximum Gasteiger partial charge on any atom is 0.0650 e. The molecule has 0 saturated carbocycles. The Bertz CT molecular complexity index is 363. The number of aryl methyl sites for hydroxylation is 1. The molecule has 2 nitrogen and oxygen atoms in total. The summed E-state index contributed by atoms with van der Waals surface area (Å²) in [6.45, 7) is 6.15. The van der Waals surface area contributed by atoms with Crippen LogP contribution in [0.1, 0.15) is 26.3 Å². The molecule has 0 aliphatic carbocycles. The van der Waals surface area contributed by atoms with E-state index in [1.165, 1.54) is 10.9 Å². The third kappa shape index (κ3) is 2.08. The Kier molecular flexibility index (Phi) is 3.50. The molecule has 0 bridgehead atoms. The molecule has 0 unspecified atom stereocenters. The number of aromatic nitrogens is 2. The summed E-state index contributed by atoms with van der Waals surface area (Å²) in [5.74, 6) is 0. The van der Waals surface area contributed by atoms with E-state index in [4.69, 9.17) is 0 Å². The summed E-state index contributed by atoms with van der Waals surface area (Å²) in [5, 5.41) is 8.07. The van der Waals surface area contributed by atoms with Crippen molar-refractivity contribution < 1.29 is 0 Å². The van der Waals surface area contributed by atoms with E-state index in [-0.39, 0.29) is 0 Å². The van der Waals surface area contributed by atoms with E-state index < -0.39 is 0 Å². The van der Waals surface area contributed by atoms with Crippen molar-refractivity contribution in [3.05, 3.63) is 30.0 Å². The minimum absolute atomic E-state index is 1.08. The number of hydrogen-bond donors (Lipinski definition) is 1. The summed E-state index contributed by atoms with van der Waals surface area (Å²) in [7, 11) is 0. The molecule has 0 radical (unpaired) electrons. The van der Waals surface area contributed by atoms with Crippen LogP contribution in [0.3, 0.4) is 0 Å². The van der Waals surface area contributed by atoms with Crippen molar-refractivity contribution in [1.82, 2.24) is 10.2 Å². The molecule has 0 saturated heterocycles. The zero-order valence-electron chi connectivity index (χ0n) is 8.46. The van der Waals surface area contributed by atoms with E-state index in [1.54, 1.807) is 0 Å². The average molecular weight is 176 g/mol. The highest BCUT2D eigenvalue weighted by molar-refractivity contribution is 5.78. The standard InChI is InChI=1S/C9H10N2.C2H6/c1-2-7-3-4-9-8(5-7)6-10-11-9;1-2/h3-6H,2H2,1H3,(H,10,11);1-2H3. The molecule has 1 N–H and O–H groups in total. The molecule has 0 aliphatic heterocycles. The fraction of sp³-hybridized carbons (Fsp3) is 0.364. The largest absolute Gasteiger partial charge is 0.278 e. The summed E-state index contributed by atoms with van der Waals surface area (Å²) < 4.78 is 0. The number of rotatable bonds is 1. The molecule has 0 fully saturated rings. The average Bonchev–Trinajstić information content (AvgIpc) is 2.67. The SMILES string of the molecule is CC.CCc1ccc2[nH]ncc2c1. The first-order valence-corrected chi connectivity index (χ1v) is 4.82. The second-order valence-electron chi connectivity index (χ2n) is 2.65. The first kappa shape index (κ1) is 9.78. The Morgan fingerprint density at radius 1 is 1.31 bits per heavy atom. The van der Waals surface area contributed by atoms with Crippen LogP contribution < -0.4 is 0 Å². The van der Waals surface area contributed by atoms with Crippen molar-refractivity contribution in [1.29, 1.82) is 0 Å². The molecule has 2 rings (SSSR count). The van der Waals surface area contributed by atoms with Crippen molar-refractivity contribution in [2.24, 2.45) is 0 Å². The zero-order chi connectivity index (χ0) is 9.68. The maximum atomic E-state index is 3.95. The topological polar surface area (TPSA) is 28.7 Å². The van der Waals surface area contributed by atoms with E-state index in [0.29, 0.717) is 0 Å². The highest BCUT2D eigenvalue weighted by atomic mass is 15.1. The highest BCUT2D eigenvalue weighted by Crippen LogP contribution is 2.12. The minimum Gasteiger partial charge on any atom is -0.278 e. The lowest BCUT2D eigenvalue weighted by Gasteiger charge is -1.93. The molecular weight excluding hydrogens is 160 g/mol. The van der Waals surface area contributed by atoms with Crippen LogP contribution in [0.15, 0.2) is 24.4 Å². The van der Waals surface area contributed by atoms with Gasteiger partial charge in [0.25, 0.3) is 0 Å². The third-order valence-electron chi connectivity index (χ3n) is 1.91. The summed E-state index contributed by atoms with van der Waals surface area (Å²) >= 11 is 0. The van der Waals surface area contributed by atoms with Crippen molar-refractivity contribution in [2.75, 3.05) is 0 Å². The molecule has 1 heterocycles. The monoisotopic (exact) mass is 176 g/mol. The van der Waals surface area contributed by atoms with Crippen LogP contribution in [0.2, 0.25) is 0 Å². The van der Waals surface area contributed by atoms with Crippen LogP contribution in [0.5, 0.6) is 0 Å². The van der Waals surface area contributed by atoms with Crippen LogP contribution in [0.4, 0.5) is 0 Å². The number of H-pyrrole nitrogens is 1. The Hall–Kier alpha value is -1.31. The second-order valence-corrected chi connectivity index (χ2v) is 2.65. The highest BCUT2D eigenvalue weighted by Gasteiger charge is 1.94. The van der Waals surface area contributed by atoms with E-state index in [9.17, 15) is 0 Å². The Morgan fingerprint density at radius 2 is 2.08 bits per heavy atom. The number of fused-ring (bicyclic) bond motifs is 1. The van der Waals surface area contributed by atoms with Gasteiger partial charge in [-0.05, 0) is 24.1 Å². The second kappa shape index (κ2) is 4.65. The summed E-state index contributed by atoms with van der Waals surface area (Å²) in [4.78, 5) is 0. The molecule has 2 heteroatoms. The predicted molar refractivity (Wildman–Crippen MR) is 56.8 cm³/mol. The van der Waals surface area contributed by atoms with Gasteiger partial charge in [0.05, 0.1) is 11.7 Å². The van der Waals surface area contributed by atoms with Crippen molar-refractivity contribution >= 4 is 10.9 Å². The van der Waals surface area contributed by atoms with Gasteiger partial charge in [0.15, 0.2) is 0 Å². The van der Waals surface area contributed by atoms with Gasteiger partial charge in [-0.2, -0.15) is 5.10 Å². The molecule has 1 aromatic heterocycles. The predicted octanol–water partition coefficient (Wildman–Crippen LogP) is 3.15. The third-order valence-corrected chi connectivity index (χ3v) is 1.91. The van der Waals surface area contributed by atoms with Crippen LogP contribution in [0, 0.1) is 0 Å². The van der Waals surface area contributed by atoms with Crippen LogP contribution in [-0.2, 0) is 6.42 Å². The van der Waals surface area contributed by atoms with Gasteiger partial charge in [-0.25, -0.2) is 0 Å². The van der Waals surface area contributed by atoms with E-state index >= 15 is 0 Å². The van der Waals surface area contributed by atoms with Gasteiger partial charge < -0.3 is 0 Å². The van der Waals surface area contributed by atoms with E-state index in [1.807, 2.05) is 20.0 Å². The molecular formula is C11H16N2. The first-order chi connectivity index (χ1) is 6.40. The van der Waals surface area contributed by atoms with Gasteiger partial charge >= 0.3 is 0 Å². The number of hydrogen-bond acceptors (Lipinski definition) is 1. The van der Waals surface area contributed by atoms with E-state index in [2.05, 4.69) is 35.3 Å². The lowest BCUT2D eigenvalue weighted by molar-refractivity contribution is 1.12. The van der Waals surface area contributed by atoms with Gasteiger partial charge in [0.1, 0.15) is 0 Å². The number of nitrogens with one attached hydrogen (secondary N) is 1. The number of aromatic amines is 1. The first-order valence-electron chi connectivity index (χ1n) is 4.82. The molecule has 0 atom stereocenters. The lowest BCUT2D eigenvalue weighted by atomic mass is 10.1. The maximum absolute atomic E-state index is 3.95. The quantitative estimate of drug-likeness (QED) is 0.710.